The smallest absolute Gasteiger partial charge is 0.308 e. The average molecular weight is 374 g/mol. The summed E-state index contributed by atoms with van der Waals surface area (Å²) in [6.07, 6.45) is 0.505. The van der Waals surface area contributed by atoms with Gasteiger partial charge in [-0.1, -0.05) is 41.9 Å². The number of aliphatic carboxylic acids is 1. The molecule has 0 aliphatic carbocycles. The highest BCUT2D eigenvalue weighted by atomic mass is 35.5. The largest absolute Gasteiger partial charge is 0.492 e. The summed E-state index contributed by atoms with van der Waals surface area (Å²) in [5.74, 6) is -1.61. The highest BCUT2D eigenvalue weighted by Gasteiger charge is 2.31. The molecule has 0 radical (unpaired) electrons. The zero-order valence-corrected chi connectivity index (χ0v) is 15.1. The van der Waals surface area contributed by atoms with Crippen molar-refractivity contribution in [3.05, 3.63) is 64.7 Å². The number of carbonyl (C=O) groups excluding carboxylic acids is 1. The first-order chi connectivity index (χ1) is 12.5. The third kappa shape index (κ3) is 3.99. The molecule has 0 bridgehead atoms. The van der Waals surface area contributed by atoms with E-state index >= 15 is 0 Å². The highest BCUT2D eigenvalue weighted by Crippen LogP contribution is 2.31. The summed E-state index contributed by atoms with van der Waals surface area (Å²) in [6, 6.07) is 13.9. The van der Waals surface area contributed by atoms with Crippen LogP contribution in [0.15, 0.2) is 48.5 Å². The number of fused-ring (bicyclic) bond motifs is 1. The molecule has 5 nitrogen and oxygen atoms in total. The number of carboxylic acids is 1. The quantitative estimate of drug-likeness (QED) is 0.841. The molecule has 2 aromatic carbocycles. The molecule has 1 amide bonds. The van der Waals surface area contributed by atoms with Crippen molar-refractivity contribution in [1.29, 1.82) is 0 Å². The van der Waals surface area contributed by atoms with Crippen LogP contribution in [0.5, 0.6) is 5.75 Å². The van der Waals surface area contributed by atoms with Gasteiger partial charge < -0.3 is 15.2 Å². The number of ether oxygens (including phenoxy) is 1. The van der Waals surface area contributed by atoms with Gasteiger partial charge in [0.25, 0.3) is 0 Å². The molecule has 0 spiro atoms. The molecule has 0 saturated heterocycles. The van der Waals surface area contributed by atoms with Gasteiger partial charge >= 0.3 is 5.97 Å². The normalized spacial score (nSPS) is 18.2. The Balaban J connectivity index is 1.77. The fourth-order valence-corrected chi connectivity index (χ4v) is 3.30. The van der Waals surface area contributed by atoms with Gasteiger partial charge in [0, 0.05) is 5.02 Å². The Hall–Kier alpha value is -2.53. The average Bonchev–Trinajstić information content (AvgIpc) is 2.65. The lowest BCUT2D eigenvalue weighted by Crippen LogP contribution is -2.42. The van der Waals surface area contributed by atoms with E-state index in [0.29, 0.717) is 11.4 Å². The second-order valence-electron chi connectivity index (χ2n) is 6.49. The lowest BCUT2D eigenvalue weighted by Gasteiger charge is -2.28. The van der Waals surface area contributed by atoms with Crippen molar-refractivity contribution in [3.8, 4) is 5.75 Å². The summed E-state index contributed by atoms with van der Waals surface area (Å²) in [5, 5.41) is 12.9. The van der Waals surface area contributed by atoms with E-state index in [2.05, 4.69) is 5.32 Å². The van der Waals surface area contributed by atoms with Crippen molar-refractivity contribution < 1.29 is 19.4 Å². The Bertz CT molecular complexity index is 809. The standard InChI is InChI=1S/C20H20ClNO4/c1-12(20(24)25)18(13-5-3-2-4-6-13)22-19(23)15-9-14-10-16(21)7-8-17(14)26-11-15/h2-8,10,12,15,18H,9,11H2,1H3,(H,22,23)(H,24,25). The van der Waals surface area contributed by atoms with Crippen molar-refractivity contribution in [3.63, 3.8) is 0 Å². The summed E-state index contributed by atoms with van der Waals surface area (Å²) in [5.41, 5.74) is 1.64. The maximum Gasteiger partial charge on any atom is 0.308 e. The summed E-state index contributed by atoms with van der Waals surface area (Å²) >= 11 is 6.02. The molecule has 3 atom stereocenters. The van der Waals surface area contributed by atoms with Crippen LogP contribution in [0.4, 0.5) is 0 Å². The lowest BCUT2D eigenvalue weighted by molar-refractivity contribution is -0.142. The number of nitrogens with one attached hydrogen (secondary N) is 1. The molecule has 6 heteroatoms. The van der Waals surface area contributed by atoms with Crippen molar-refractivity contribution in [2.75, 3.05) is 6.61 Å². The van der Waals surface area contributed by atoms with E-state index in [9.17, 15) is 14.7 Å². The van der Waals surface area contributed by atoms with Gasteiger partial charge in [-0.3, -0.25) is 9.59 Å². The van der Waals surface area contributed by atoms with Crippen LogP contribution >= 0.6 is 11.6 Å². The Morgan fingerprint density at radius 3 is 2.65 bits per heavy atom. The number of rotatable bonds is 5. The second kappa shape index (κ2) is 7.79. The van der Waals surface area contributed by atoms with Crippen LogP contribution in [0.2, 0.25) is 5.02 Å². The van der Waals surface area contributed by atoms with Crippen molar-refractivity contribution in [1.82, 2.24) is 5.32 Å². The second-order valence-corrected chi connectivity index (χ2v) is 6.92. The zero-order chi connectivity index (χ0) is 18.7. The van der Waals surface area contributed by atoms with Crippen molar-refractivity contribution in [2.45, 2.75) is 19.4 Å². The predicted octanol–water partition coefficient (Wildman–Crippen LogP) is 3.47. The lowest BCUT2D eigenvalue weighted by atomic mass is 9.92. The maximum absolute atomic E-state index is 12.8. The monoisotopic (exact) mass is 373 g/mol. The van der Waals surface area contributed by atoms with Gasteiger partial charge in [0.1, 0.15) is 12.4 Å². The van der Waals surface area contributed by atoms with Crippen LogP contribution < -0.4 is 10.1 Å². The molecule has 3 unspecified atom stereocenters. The SMILES string of the molecule is CC(C(=O)O)C(NC(=O)C1COc2ccc(Cl)cc2C1)c1ccccc1. The van der Waals surface area contributed by atoms with Crippen molar-refractivity contribution >= 4 is 23.5 Å². The van der Waals surface area contributed by atoms with E-state index in [-0.39, 0.29) is 12.5 Å². The minimum absolute atomic E-state index is 0.224. The minimum Gasteiger partial charge on any atom is -0.492 e. The van der Waals surface area contributed by atoms with Crippen LogP contribution in [0.25, 0.3) is 0 Å². The summed E-state index contributed by atoms with van der Waals surface area (Å²) < 4.78 is 5.67. The van der Waals surface area contributed by atoms with Gasteiger partial charge in [-0.25, -0.2) is 0 Å². The number of carbonyl (C=O) groups is 2. The van der Waals surface area contributed by atoms with Gasteiger partial charge in [0.05, 0.1) is 17.9 Å². The Kier molecular flexibility index (Phi) is 5.47. The number of hydrogen-bond donors (Lipinski definition) is 2. The first kappa shape index (κ1) is 18.3. The highest BCUT2D eigenvalue weighted by molar-refractivity contribution is 6.30. The fraction of sp³-hybridized carbons (Fsp3) is 0.300. The Morgan fingerprint density at radius 1 is 1.23 bits per heavy atom. The van der Waals surface area contributed by atoms with E-state index in [1.54, 1.807) is 25.1 Å². The van der Waals surface area contributed by atoms with Crippen LogP contribution in [0, 0.1) is 11.8 Å². The van der Waals surface area contributed by atoms with Gasteiger partial charge in [-0.2, -0.15) is 0 Å². The Labute approximate surface area is 156 Å². The molecule has 136 valence electrons. The Morgan fingerprint density at radius 2 is 1.96 bits per heavy atom. The summed E-state index contributed by atoms with van der Waals surface area (Å²) in [6.45, 7) is 1.84. The van der Waals surface area contributed by atoms with Crippen molar-refractivity contribution in [2.24, 2.45) is 11.8 Å². The molecular formula is C20H20ClNO4. The number of halogens is 1. The fourth-order valence-electron chi connectivity index (χ4n) is 3.10. The molecule has 0 saturated carbocycles. The molecule has 1 aliphatic rings. The molecule has 26 heavy (non-hydrogen) atoms. The van der Waals surface area contributed by atoms with Gasteiger partial charge in [-0.15, -0.1) is 0 Å². The summed E-state index contributed by atoms with van der Waals surface area (Å²) in [4.78, 5) is 24.3. The first-order valence-corrected chi connectivity index (χ1v) is 8.83. The number of hydrogen-bond acceptors (Lipinski definition) is 3. The molecule has 2 aromatic rings. The zero-order valence-electron chi connectivity index (χ0n) is 14.3. The summed E-state index contributed by atoms with van der Waals surface area (Å²) in [7, 11) is 0. The number of amides is 1. The predicted molar refractivity (Wildman–Crippen MR) is 98.3 cm³/mol. The van der Waals surface area contributed by atoms with Gasteiger partial charge in [0.2, 0.25) is 5.91 Å². The van der Waals surface area contributed by atoms with Gasteiger partial charge in [0.15, 0.2) is 0 Å². The number of carboxylic acid groups (broad SMARTS) is 1. The molecular weight excluding hydrogens is 354 g/mol. The van der Waals surface area contributed by atoms with Gasteiger partial charge in [-0.05, 0) is 42.7 Å². The van der Waals surface area contributed by atoms with E-state index in [4.69, 9.17) is 16.3 Å². The molecule has 2 N–H and O–H groups in total. The topological polar surface area (TPSA) is 75.6 Å². The number of benzene rings is 2. The van der Waals surface area contributed by atoms with E-state index in [1.165, 1.54) is 0 Å². The third-order valence-corrected chi connectivity index (χ3v) is 4.88. The minimum atomic E-state index is -0.962. The van der Waals surface area contributed by atoms with Crippen LogP contribution in [-0.2, 0) is 16.0 Å². The molecule has 0 fully saturated rings. The molecule has 3 rings (SSSR count). The van der Waals surface area contributed by atoms with E-state index in [1.807, 2.05) is 30.3 Å². The van der Waals surface area contributed by atoms with Crippen LogP contribution in [0.3, 0.4) is 0 Å². The molecule has 1 heterocycles. The molecule has 1 aliphatic heterocycles. The van der Waals surface area contributed by atoms with E-state index < -0.39 is 23.8 Å². The maximum atomic E-state index is 12.8. The van der Waals surface area contributed by atoms with Crippen LogP contribution in [0.1, 0.15) is 24.1 Å². The van der Waals surface area contributed by atoms with E-state index in [0.717, 1.165) is 16.9 Å². The third-order valence-electron chi connectivity index (χ3n) is 4.65. The van der Waals surface area contributed by atoms with Crippen LogP contribution in [-0.4, -0.2) is 23.6 Å². The first-order valence-electron chi connectivity index (χ1n) is 8.45. The molecule has 0 aromatic heterocycles.